The maximum Gasteiger partial charge on any atom is 0.330 e. The summed E-state index contributed by atoms with van der Waals surface area (Å²) in [7, 11) is 0. The van der Waals surface area contributed by atoms with E-state index in [0.29, 0.717) is 24.7 Å². The van der Waals surface area contributed by atoms with Gasteiger partial charge in [-0.3, -0.25) is 0 Å². The van der Waals surface area contributed by atoms with Crippen LogP contribution in [0.1, 0.15) is 51.4 Å². The molecule has 3 aliphatic rings. The summed E-state index contributed by atoms with van der Waals surface area (Å²) in [6, 6.07) is 0. The Hall–Kier alpha value is -1.58. The fourth-order valence-corrected chi connectivity index (χ4v) is 6.09. The molecule has 0 aromatic rings. The van der Waals surface area contributed by atoms with Crippen LogP contribution in [0.5, 0.6) is 0 Å². The van der Waals surface area contributed by atoms with E-state index in [1.807, 2.05) is 0 Å². The van der Waals surface area contributed by atoms with Gasteiger partial charge in [0.15, 0.2) is 0 Å². The molecule has 4 atom stereocenters. The average Bonchev–Trinajstić information content (AvgIpc) is 3.08. The van der Waals surface area contributed by atoms with Gasteiger partial charge in [0.2, 0.25) is 0 Å². The van der Waals surface area contributed by atoms with Gasteiger partial charge in [-0.25, -0.2) is 9.59 Å². The highest BCUT2D eigenvalue weighted by atomic mass is 16.4. The molecule has 120 valence electrons. The van der Waals surface area contributed by atoms with Crippen LogP contribution in [0, 0.1) is 22.7 Å². The zero-order chi connectivity index (χ0) is 16.1. The van der Waals surface area contributed by atoms with Gasteiger partial charge in [0.1, 0.15) is 0 Å². The van der Waals surface area contributed by atoms with Crippen molar-refractivity contribution in [2.45, 2.75) is 51.4 Å². The molecule has 3 rings (SSSR count). The van der Waals surface area contributed by atoms with E-state index in [9.17, 15) is 19.8 Å². The van der Waals surface area contributed by atoms with Gasteiger partial charge in [-0.05, 0) is 67.6 Å². The predicted molar refractivity (Wildman–Crippen MR) is 82.3 cm³/mol. The van der Waals surface area contributed by atoms with Crippen molar-refractivity contribution in [3.8, 4) is 0 Å². The van der Waals surface area contributed by atoms with Crippen LogP contribution >= 0.6 is 0 Å². The molecule has 0 radical (unpaired) electrons. The summed E-state index contributed by atoms with van der Waals surface area (Å²) in [4.78, 5) is 22.6. The Morgan fingerprint density at radius 3 is 2.27 bits per heavy atom. The van der Waals surface area contributed by atoms with Gasteiger partial charge in [0.05, 0.1) is 0 Å². The summed E-state index contributed by atoms with van der Waals surface area (Å²) >= 11 is 0. The molecule has 0 aromatic heterocycles. The monoisotopic (exact) mass is 304 g/mol. The summed E-state index contributed by atoms with van der Waals surface area (Å²) < 4.78 is 0. The molecule has 3 saturated carbocycles. The molecule has 4 nitrogen and oxygen atoms in total. The van der Waals surface area contributed by atoms with Crippen LogP contribution < -0.4 is 0 Å². The second-order valence-electron chi connectivity index (χ2n) is 7.61. The third kappa shape index (κ3) is 1.96. The van der Waals surface area contributed by atoms with E-state index in [0.717, 1.165) is 38.5 Å². The highest BCUT2D eigenvalue weighted by Gasteiger charge is 2.67. The minimum atomic E-state index is -0.925. The van der Waals surface area contributed by atoms with E-state index in [2.05, 4.69) is 13.2 Å². The molecule has 0 aliphatic heterocycles. The minimum Gasteiger partial charge on any atom is -0.478 e. The normalized spacial score (nSPS) is 38.7. The number of fused-ring (bicyclic) bond motifs is 5. The molecule has 4 heteroatoms. The maximum atomic E-state index is 11.3. The van der Waals surface area contributed by atoms with E-state index in [-0.39, 0.29) is 22.0 Å². The summed E-state index contributed by atoms with van der Waals surface area (Å²) in [5.41, 5.74) is 0.407. The van der Waals surface area contributed by atoms with Crippen LogP contribution in [-0.4, -0.2) is 22.2 Å². The van der Waals surface area contributed by atoms with Gasteiger partial charge < -0.3 is 10.2 Å². The summed E-state index contributed by atoms with van der Waals surface area (Å²) in [6.07, 6.45) is 7.49. The molecule has 0 aromatic carbocycles. The number of carboxylic acids is 2. The van der Waals surface area contributed by atoms with E-state index in [1.165, 1.54) is 0 Å². The maximum absolute atomic E-state index is 11.3. The summed E-state index contributed by atoms with van der Waals surface area (Å²) in [5.74, 6) is -0.675. The topological polar surface area (TPSA) is 74.6 Å². The Bertz CT molecular complexity index is 563. The Labute approximate surface area is 130 Å². The average molecular weight is 304 g/mol. The van der Waals surface area contributed by atoms with Crippen molar-refractivity contribution in [1.82, 2.24) is 0 Å². The molecule has 3 aliphatic carbocycles. The Balaban J connectivity index is 1.96. The molecule has 0 spiro atoms. The van der Waals surface area contributed by atoms with Gasteiger partial charge >= 0.3 is 11.9 Å². The summed E-state index contributed by atoms with van der Waals surface area (Å²) in [5, 5.41) is 18.5. The van der Waals surface area contributed by atoms with Crippen LogP contribution in [0.15, 0.2) is 24.3 Å². The van der Waals surface area contributed by atoms with Crippen LogP contribution in [0.2, 0.25) is 0 Å². The molecule has 4 unspecified atom stereocenters. The second kappa shape index (κ2) is 4.97. The standard InChI is InChI=1S/C18H24O4/c1-11(15(19)20)8-17-7-5-13(10-17)14-4-3-6-18(14,17)9-12(2)16(21)22/h13-14H,1-10H2,(H,19,20)(H,21,22). The largest absolute Gasteiger partial charge is 0.478 e. The number of carbonyl (C=O) groups is 2. The van der Waals surface area contributed by atoms with Crippen molar-refractivity contribution in [3.63, 3.8) is 0 Å². The molecule has 2 bridgehead atoms. The number of carboxylic acid groups (broad SMARTS) is 2. The molecule has 22 heavy (non-hydrogen) atoms. The van der Waals surface area contributed by atoms with Gasteiger partial charge in [-0.1, -0.05) is 19.6 Å². The van der Waals surface area contributed by atoms with Crippen LogP contribution in [0.25, 0.3) is 0 Å². The van der Waals surface area contributed by atoms with Crippen molar-refractivity contribution in [2.75, 3.05) is 0 Å². The first kappa shape index (κ1) is 15.3. The van der Waals surface area contributed by atoms with Crippen LogP contribution in [-0.2, 0) is 9.59 Å². The molecule has 2 N–H and O–H groups in total. The summed E-state index contributed by atoms with van der Waals surface area (Å²) in [6.45, 7) is 7.51. The molecular formula is C18H24O4. The number of rotatable bonds is 6. The van der Waals surface area contributed by atoms with Crippen molar-refractivity contribution >= 4 is 11.9 Å². The van der Waals surface area contributed by atoms with Crippen LogP contribution in [0.4, 0.5) is 0 Å². The van der Waals surface area contributed by atoms with Crippen molar-refractivity contribution < 1.29 is 19.8 Å². The van der Waals surface area contributed by atoms with Gasteiger partial charge in [0, 0.05) is 11.1 Å². The van der Waals surface area contributed by atoms with Crippen molar-refractivity contribution in [3.05, 3.63) is 24.3 Å². The molecule has 3 fully saturated rings. The van der Waals surface area contributed by atoms with Gasteiger partial charge in [-0.2, -0.15) is 0 Å². The lowest BCUT2D eigenvalue weighted by molar-refractivity contribution is -0.135. The third-order valence-corrected chi connectivity index (χ3v) is 6.81. The van der Waals surface area contributed by atoms with Gasteiger partial charge in [-0.15, -0.1) is 0 Å². The van der Waals surface area contributed by atoms with Gasteiger partial charge in [0.25, 0.3) is 0 Å². The Morgan fingerprint density at radius 2 is 1.64 bits per heavy atom. The lowest BCUT2D eigenvalue weighted by Gasteiger charge is -2.49. The molecule has 0 amide bonds. The first-order valence-corrected chi connectivity index (χ1v) is 8.13. The first-order chi connectivity index (χ1) is 10.3. The minimum absolute atomic E-state index is 0.0657. The lowest BCUT2D eigenvalue weighted by atomic mass is 9.55. The van der Waals surface area contributed by atoms with E-state index in [4.69, 9.17) is 0 Å². The highest BCUT2D eigenvalue weighted by Crippen LogP contribution is 2.75. The fourth-order valence-electron chi connectivity index (χ4n) is 6.09. The van der Waals surface area contributed by atoms with E-state index in [1.54, 1.807) is 0 Å². The first-order valence-electron chi connectivity index (χ1n) is 8.13. The molecule has 0 saturated heterocycles. The molecular weight excluding hydrogens is 280 g/mol. The molecule has 0 heterocycles. The van der Waals surface area contributed by atoms with Crippen molar-refractivity contribution in [2.24, 2.45) is 22.7 Å². The smallest absolute Gasteiger partial charge is 0.330 e. The predicted octanol–water partition coefficient (Wildman–Crippen LogP) is 3.63. The number of aliphatic carboxylic acids is 2. The Morgan fingerprint density at radius 1 is 1.00 bits per heavy atom. The third-order valence-electron chi connectivity index (χ3n) is 6.81. The van der Waals surface area contributed by atoms with Crippen molar-refractivity contribution in [1.29, 1.82) is 0 Å². The number of hydrogen-bond acceptors (Lipinski definition) is 2. The highest BCUT2D eigenvalue weighted by molar-refractivity contribution is 5.86. The van der Waals surface area contributed by atoms with E-state index < -0.39 is 11.9 Å². The zero-order valence-corrected chi connectivity index (χ0v) is 12.9. The fraction of sp³-hybridized carbons (Fsp3) is 0.667. The number of hydrogen-bond donors (Lipinski definition) is 2. The van der Waals surface area contributed by atoms with Crippen LogP contribution in [0.3, 0.4) is 0 Å². The SMILES string of the molecule is C=C(CC12CCC(C1)C1CCCC12CC(=C)C(=O)O)C(=O)O. The quantitative estimate of drug-likeness (QED) is 0.735. The lowest BCUT2D eigenvalue weighted by Crippen LogP contribution is -2.42. The van der Waals surface area contributed by atoms with E-state index >= 15 is 0 Å². The second-order valence-corrected chi connectivity index (χ2v) is 7.61. The Kier molecular flexibility index (Phi) is 3.46. The zero-order valence-electron chi connectivity index (χ0n) is 12.9.